The molecule has 0 saturated carbocycles. The Morgan fingerprint density at radius 3 is 2.77 bits per heavy atom. The average Bonchev–Trinajstić information content (AvgIpc) is 3.08. The van der Waals surface area contributed by atoms with Crippen molar-refractivity contribution >= 4 is 23.2 Å². The fourth-order valence-electron chi connectivity index (χ4n) is 2.45. The van der Waals surface area contributed by atoms with Crippen LogP contribution < -0.4 is 21.5 Å². The van der Waals surface area contributed by atoms with Crippen molar-refractivity contribution in [3.63, 3.8) is 0 Å². The number of aromatic nitrogens is 5. The van der Waals surface area contributed by atoms with Crippen molar-refractivity contribution < 1.29 is 9.94 Å². The summed E-state index contributed by atoms with van der Waals surface area (Å²) in [5.74, 6) is 0.394. The lowest BCUT2D eigenvalue weighted by Gasteiger charge is -2.08. The van der Waals surface area contributed by atoms with Crippen molar-refractivity contribution in [3.8, 4) is 5.88 Å². The van der Waals surface area contributed by atoms with Gasteiger partial charge < -0.3 is 9.30 Å². The van der Waals surface area contributed by atoms with E-state index in [-0.39, 0.29) is 6.61 Å². The Balaban J connectivity index is 1.74. The molecule has 0 atom stereocenters. The molecule has 0 spiro atoms. The zero-order valence-electron chi connectivity index (χ0n) is 14.2. The fourth-order valence-corrected chi connectivity index (χ4v) is 2.45. The van der Waals surface area contributed by atoms with Crippen molar-refractivity contribution in [1.82, 2.24) is 29.1 Å². The second-order valence-electron chi connectivity index (χ2n) is 5.41. The van der Waals surface area contributed by atoms with Gasteiger partial charge in [0.25, 0.3) is 5.56 Å². The zero-order chi connectivity index (χ0) is 18.7. The molecule has 2 N–H and O–H groups in total. The van der Waals surface area contributed by atoms with E-state index in [2.05, 4.69) is 15.0 Å². The summed E-state index contributed by atoms with van der Waals surface area (Å²) in [5, 5.41) is 8.44. The first-order valence-corrected chi connectivity index (χ1v) is 7.64. The molecular formula is C15H17N7O4. The van der Waals surface area contributed by atoms with Gasteiger partial charge in [-0.2, -0.15) is 0 Å². The third kappa shape index (κ3) is 3.19. The maximum absolute atomic E-state index is 12.3. The second-order valence-corrected chi connectivity index (χ2v) is 5.41. The lowest BCUT2D eigenvalue weighted by molar-refractivity contribution is 0.240. The van der Waals surface area contributed by atoms with Gasteiger partial charge in [0, 0.05) is 20.2 Å². The van der Waals surface area contributed by atoms with Crippen LogP contribution >= 0.6 is 0 Å². The molecule has 0 radical (unpaired) electrons. The predicted molar refractivity (Wildman–Crippen MR) is 93.0 cm³/mol. The molecule has 0 saturated heterocycles. The molecule has 0 aromatic carbocycles. The summed E-state index contributed by atoms with van der Waals surface area (Å²) < 4.78 is 9.57. The number of ether oxygens (including phenoxy) is 1. The standard InChI is InChI=1S/C15H17N7O4/c1-20-13-12(14(23)21(2)15(20)24)22(9-18-13)5-6-26-11-4-3-10(7-16-11)17-8-19-25/h3-4,7-9,25H,5-6H2,1-2H3,(H,17,19). The number of pyridine rings is 1. The number of aryl methyl sites for hydroxylation is 1. The predicted octanol–water partition coefficient (Wildman–Crippen LogP) is -0.454. The van der Waals surface area contributed by atoms with Crippen LogP contribution in [0.25, 0.3) is 11.2 Å². The van der Waals surface area contributed by atoms with E-state index in [4.69, 9.17) is 9.94 Å². The van der Waals surface area contributed by atoms with Gasteiger partial charge in [-0.15, -0.1) is 0 Å². The smallest absolute Gasteiger partial charge is 0.332 e. The van der Waals surface area contributed by atoms with Gasteiger partial charge in [0.1, 0.15) is 12.9 Å². The third-order valence-corrected chi connectivity index (χ3v) is 3.79. The topological polar surface area (TPSA) is 129 Å². The average molecular weight is 359 g/mol. The molecule has 11 nitrogen and oxygen atoms in total. The quantitative estimate of drug-likeness (QED) is 0.346. The van der Waals surface area contributed by atoms with Crippen LogP contribution in [0.2, 0.25) is 0 Å². The van der Waals surface area contributed by atoms with E-state index in [0.717, 1.165) is 10.9 Å². The number of rotatable bonds is 6. The molecule has 3 aromatic heterocycles. The van der Waals surface area contributed by atoms with E-state index in [1.807, 2.05) is 0 Å². The number of aliphatic imine (C=N–C) groups is 1. The number of hydrogen-bond acceptors (Lipinski definition) is 7. The minimum atomic E-state index is -0.424. The van der Waals surface area contributed by atoms with Crippen molar-refractivity contribution in [1.29, 1.82) is 0 Å². The van der Waals surface area contributed by atoms with Gasteiger partial charge in [0.05, 0.1) is 24.8 Å². The van der Waals surface area contributed by atoms with Crippen LogP contribution in [0.4, 0.5) is 5.69 Å². The number of imidazole rings is 1. The van der Waals surface area contributed by atoms with Crippen molar-refractivity contribution in [2.24, 2.45) is 19.1 Å². The summed E-state index contributed by atoms with van der Waals surface area (Å²) in [6.45, 7) is 0.616. The maximum Gasteiger partial charge on any atom is 0.332 e. The highest BCUT2D eigenvalue weighted by Gasteiger charge is 2.14. The Hall–Kier alpha value is -3.47. The number of nitrogens with zero attached hydrogens (tertiary/aromatic N) is 6. The van der Waals surface area contributed by atoms with Crippen molar-refractivity contribution in [3.05, 3.63) is 45.5 Å². The molecule has 0 aliphatic carbocycles. The Kier molecular flexibility index (Phi) is 4.80. The van der Waals surface area contributed by atoms with Crippen molar-refractivity contribution in [2.45, 2.75) is 6.54 Å². The minimum absolute atomic E-state index is 0.255. The summed E-state index contributed by atoms with van der Waals surface area (Å²) in [4.78, 5) is 36.4. The summed E-state index contributed by atoms with van der Waals surface area (Å²) in [7, 11) is 3.00. The molecule has 136 valence electrons. The van der Waals surface area contributed by atoms with E-state index in [0.29, 0.717) is 29.3 Å². The van der Waals surface area contributed by atoms with Gasteiger partial charge in [-0.05, 0) is 6.07 Å². The molecule has 3 aromatic rings. The summed E-state index contributed by atoms with van der Waals surface area (Å²) >= 11 is 0. The lowest BCUT2D eigenvalue weighted by Crippen LogP contribution is -2.37. The first-order chi connectivity index (χ1) is 12.5. The van der Waals surface area contributed by atoms with E-state index in [1.54, 1.807) is 29.2 Å². The van der Waals surface area contributed by atoms with Crippen LogP contribution in [0.5, 0.6) is 5.88 Å². The first-order valence-electron chi connectivity index (χ1n) is 7.64. The van der Waals surface area contributed by atoms with Crippen LogP contribution in [-0.2, 0) is 20.6 Å². The van der Waals surface area contributed by atoms with Crippen LogP contribution in [-0.4, -0.2) is 41.8 Å². The minimum Gasteiger partial charge on any atom is -0.476 e. The van der Waals surface area contributed by atoms with Gasteiger partial charge in [0.2, 0.25) is 5.88 Å². The maximum atomic E-state index is 12.3. The number of fused-ring (bicyclic) bond motifs is 1. The third-order valence-electron chi connectivity index (χ3n) is 3.79. The molecule has 0 bridgehead atoms. The normalized spacial score (nSPS) is 11.3. The Bertz CT molecular complexity index is 1060. The fraction of sp³-hybridized carbons (Fsp3) is 0.267. The van der Waals surface area contributed by atoms with E-state index in [9.17, 15) is 9.59 Å². The molecule has 3 rings (SSSR count). The second kappa shape index (κ2) is 7.19. The molecule has 11 heteroatoms. The van der Waals surface area contributed by atoms with Crippen LogP contribution in [0, 0.1) is 0 Å². The highest BCUT2D eigenvalue weighted by atomic mass is 16.5. The SMILES string of the molecule is Cn1c(=O)c2c(ncn2CCOc2ccc(N=CNO)cn2)n(C)c1=O. The highest BCUT2D eigenvalue weighted by molar-refractivity contribution is 5.69. The summed E-state index contributed by atoms with van der Waals surface area (Å²) in [6, 6.07) is 3.31. The summed E-state index contributed by atoms with van der Waals surface area (Å²) in [5.41, 5.74) is 2.19. The van der Waals surface area contributed by atoms with Gasteiger partial charge >= 0.3 is 5.69 Å². The van der Waals surface area contributed by atoms with E-state index < -0.39 is 11.2 Å². The Morgan fingerprint density at radius 2 is 2.08 bits per heavy atom. The Labute approximate surface area is 146 Å². The molecule has 0 fully saturated rings. The molecule has 0 aliphatic heterocycles. The monoisotopic (exact) mass is 359 g/mol. The molecule has 26 heavy (non-hydrogen) atoms. The molecular weight excluding hydrogens is 342 g/mol. The lowest BCUT2D eigenvalue weighted by atomic mass is 10.4. The molecule has 0 amide bonds. The van der Waals surface area contributed by atoms with Gasteiger partial charge in [-0.3, -0.25) is 24.6 Å². The molecule has 0 aliphatic rings. The largest absolute Gasteiger partial charge is 0.476 e. The Morgan fingerprint density at radius 1 is 1.27 bits per heavy atom. The van der Waals surface area contributed by atoms with Gasteiger partial charge in [-0.25, -0.2) is 19.8 Å². The summed E-state index contributed by atoms with van der Waals surface area (Å²) in [6.07, 6.45) is 4.11. The van der Waals surface area contributed by atoms with Crippen LogP contribution in [0.3, 0.4) is 0 Å². The zero-order valence-corrected chi connectivity index (χ0v) is 14.2. The number of hydrogen-bond donors (Lipinski definition) is 2. The van der Waals surface area contributed by atoms with E-state index in [1.165, 1.54) is 24.1 Å². The van der Waals surface area contributed by atoms with Crippen molar-refractivity contribution in [2.75, 3.05) is 6.61 Å². The van der Waals surface area contributed by atoms with E-state index >= 15 is 0 Å². The number of nitrogens with one attached hydrogen (secondary N) is 1. The first kappa shape index (κ1) is 17.4. The number of hydroxylamine groups is 1. The molecule has 0 unspecified atom stereocenters. The highest BCUT2D eigenvalue weighted by Crippen LogP contribution is 2.14. The van der Waals surface area contributed by atoms with Gasteiger partial charge in [-0.1, -0.05) is 0 Å². The van der Waals surface area contributed by atoms with Crippen LogP contribution in [0.1, 0.15) is 0 Å². The van der Waals surface area contributed by atoms with Crippen LogP contribution in [0.15, 0.2) is 39.2 Å². The van der Waals surface area contributed by atoms with Gasteiger partial charge in [0.15, 0.2) is 11.2 Å². The molecule has 3 heterocycles.